The largest absolute Gasteiger partial charge is 0.395 e. The highest BCUT2D eigenvalue weighted by atomic mass is 35.5. The van der Waals surface area contributed by atoms with E-state index >= 15 is 0 Å². The Hall–Kier alpha value is -1.72. The van der Waals surface area contributed by atoms with Gasteiger partial charge in [-0.25, -0.2) is 0 Å². The molecule has 1 aromatic carbocycles. The van der Waals surface area contributed by atoms with Crippen molar-refractivity contribution in [3.63, 3.8) is 0 Å². The van der Waals surface area contributed by atoms with Gasteiger partial charge in [0, 0.05) is 5.56 Å². The van der Waals surface area contributed by atoms with Crippen LogP contribution in [0.2, 0.25) is 10.0 Å². The van der Waals surface area contributed by atoms with Gasteiger partial charge in [0.05, 0.1) is 22.4 Å². The zero-order chi connectivity index (χ0) is 17.6. The average molecular weight is 382 g/mol. The molecule has 0 unspecified atom stereocenters. The molecule has 0 bridgehead atoms. The monoisotopic (exact) mass is 381 g/mol. The standard InChI is InChI=1S/C9H7Cl2N5.C2H6O4S/c10-5-3-1-2-4(6(5)11)7-8(12)14-9(13)16-15-7;3-1-2-7(4,5)6/h1-3H,(H4,12,13,14,16);3H,1-2H2,(H,4,5,6). The molecule has 12 heteroatoms. The summed E-state index contributed by atoms with van der Waals surface area (Å²) in [5, 5.41) is 16.1. The smallest absolute Gasteiger partial charge is 0.267 e. The minimum atomic E-state index is -3.92. The van der Waals surface area contributed by atoms with Crippen molar-refractivity contribution < 1.29 is 18.1 Å². The Labute approximate surface area is 142 Å². The van der Waals surface area contributed by atoms with Crippen LogP contribution in [-0.2, 0) is 10.1 Å². The number of nitrogens with two attached hydrogens (primary N) is 2. The third kappa shape index (κ3) is 6.12. The van der Waals surface area contributed by atoms with Crippen molar-refractivity contribution in [1.29, 1.82) is 0 Å². The van der Waals surface area contributed by atoms with Crippen LogP contribution < -0.4 is 11.5 Å². The first-order valence-corrected chi connectivity index (χ1v) is 8.28. The summed E-state index contributed by atoms with van der Waals surface area (Å²) in [6.45, 7) is -0.529. The van der Waals surface area contributed by atoms with Gasteiger partial charge < -0.3 is 16.6 Å². The maximum Gasteiger partial charge on any atom is 0.267 e. The van der Waals surface area contributed by atoms with E-state index in [0.717, 1.165) is 0 Å². The van der Waals surface area contributed by atoms with E-state index in [1.807, 2.05) is 0 Å². The topological polar surface area (TPSA) is 165 Å². The molecule has 0 saturated heterocycles. The molecule has 0 amide bonds. The van der Waals surface area contributed by atoms with Crippen LogP contribution in [0.5, 0.6) is 0 Å². The van der Waals surface area contributed by atoms with E-state index in [1.165, 1.54) is 0 Å². The van der Waals surface area contributed by atoms with Crippen LogP contribution >= 0.6 is 23.2 Å². The van der Waals surface area contributed by atoms with Crippen molar-refractivity contribution in [2.24, 2.45) is 0 Å². The highest BCUT2D eigenvalue weighted by molar-refractivity contribution is 7.85. The number of anilines is 2. The van der Waals surface area contributed by atoms with Crippen molar-refractivity contribution in [2.45, 2.75) is 0 Å². The predicted molar refractivity (Wildman–Crippen MR) is 87.6 cm³/mol. The maximum atomic E-state index is 9.63. The Balaban J connectivity index is 0.000000322. The number of hydrogen-bond donors (Lipinski definition) is 4. The van der Waals surface area contributed by atoms with Crippen LogP contribution in [-0.4, -0.2) is 45.6 Å². The molecule has 1 heterocycles. The van der Waals surface area contributed by atoms with Crippen molar-refractivity contribution in [3.8, 4) is 11.3 Å². The van der Waals surface area contributed by atoms with Crippen molar-refractivity contribution >= 4 is 45.1 Å². The summed E-state index contributed by atoms with van der Waals surface area (Å²) in [6, 6.07) is 5.13. The number of hydrogen-bond acceptors (Lipinski definition) is 8. The lowest BCUT2D eigenvalue weighted by atomic mass is 10.1. The molecule has 6 N–H and O–H groups in total. The number of aromatic nitrogens is 3. The van der Waals surface area contributed by atoms with Crippen LogP contribution in [0.4, 0.5) is 11.8 Å². The summed E-state index contributed by atoms with van der Waals surface area (Å²) in [6.07, 6.45) is 0. The number of halogens is 2. The third-order valence-corrected chi connectivity index (χ3v) is 3.80. The number of nitrogen functional groups attached to an aromatic ring is 2. The molecule has 1 aromatic heterocycles. The zero-order valence-electron chi connectivity index (χ0n) is 11.5. The fourth-order valence-corrected chi connectivity index (χ4v) is 1.97. The highest BCUT2D eigenvalue weighted by Crippen LogP contribution is 2.33. The van der Waals surface area contributed by atoms with Gasteiger partial charge in [-0.05, 0) is 6.07 Å². The van der Waals surface area contributed by atoms with Gasteiger partial charge in [0.15, 0.2) is 5.82 Å². The van der Waals surface area contributed by atoms with Crippen LogP contribution in [0.25, 0.3) is 11.3 Å². The van der Waals surface area contributed by atoms with Gasteiger partial charge >= 0.3 is 0 Å². The Morgan fingerprint density at radius 1 is 1.17 bits per heavy atom. The second-order valence-electron chi connectivity index (χ2n) is 4.01. The fourth-order valence-electron chi connectivity index (χ4n) is 1.35. The predicted octanol–water partition coefficient (Wildman–Crippen LogP) is 0.876. The van der Waals surface area contributed by atoms with Gasteiger partial charge in [0.25, 0.3) is 10.1 Å². The lowest BCUT2D eigenvalue weighted by molar-refractivity contribution is 0.315. The molecule has 23 heavy (non-hydrogen) atoms. The Bertz CT molecular complexity index is 788. The first-order chi connectivity index (χ1) is 10.7. The van der Waals surface area contributed by atoms with E-state index in [0.29, 0.717) is 21.3 Å². The number of nitrogens with zero attached hydrogens (tertiary/aromatic N) is 3. The molecule has 0 atom stereocenters. The van der Waals surface area contributed by atoms with E-state index in [-0.39, 0.29) is 11.8 Å². The minimum absolute atomic E-state index is 0.0133. The van der Waals surface area contributed by atoms with Gasteiger partial charge in [0.1, 0.15) is 5.69 Å². The molecule has 0 fully saturated rings. The Kier molecular flexibility index (Phi) is 6.91. The van der Waals surface area contributed by atoms with Gasteiger partial charge in [-0.15, -0.1) is 10.2 Å². The summed E-state index contributed by atoms with van der Waals surface area (Å²) in [5.74, 6) is -0.399. The SMILES string of the molecule is Nc1nnc(-c2cccc(Cl)c2Cl)c(N)n1.O=S(=O)(O)CCO. The molecule has 2 aromatic rings. The van der Waals surface area contributed by atoms with E-state index < -0.39 is 22.5 Å². The van der Waals surface area contributed by atoms with Crippen LogP contribution in [0.1, 0.15) is 0 Å². The highest BCUT2D eigenvalue weighted by Gasteiger charge is 2.12. The van der Waals surface area contributed by atoms with Crippen LogP contribution in [0, 0.1) is 0 Å². The summed E-state index contributed by atoms with van der Waals surface area (Å²) in [5.41, 5.74) is 12.0. The second-order valence-corrected chi connectivity index (χ2v) is 6.37. The molecule has 0 aliphatic rings. The lowest BCUT2D eigenvalue weighted by Gasteiger charge is -2.06. The minimum Gasteiger partial charge on any atom is -0.395 e. The molecule has 9 nitrogen and oxygen atoms in total. The fraction of sp³-hybridized carbons (Fsp3) is 0.182. The molecule has 0 spiro atoms. The Morgan fingerprint density at radius 2 is 1.83 bits per heavy atom. The zero-order valence-corrected chi connectivity index (χ0v) is 13.8. The Morgan fingerprint density at radius 3 is 2.30 bits per heavy atom. The van der Waals surface area contributed by atoms with Crippen molar-refractivity contribution in [1.82, 2.24) is 15.2 Å². The van der Waals surface area contributed by atoms with E-state index in [4.69, 9.17) is 44.3 Å². The molecule has 0 aliphatic heterocycles. The first kappa shape index (κ1) is 19.3. The molecular weight excluding hydrogens is 369 g/mol. The quantitative estimate of drug-likeness (QED) is 0.564. The normalized spacial score (nSPS) is 10.8. The molecule has 126 valence electrons. The molecule has 0 saturated carbocycles. The van der Waals surface area contributed by atoms with Gasteiger partial charge in [0.2, 0.25) is 5.95 Å². The molecule has 2 rings (SSSR count). The summed E-state index contributed by atoms with van der Waals surface area (Å²) in [7, 11) is -3.92. The number of aliphatic hydroxyl groups is 1. The number of rotatable bonds is 3. The van der Waals surface area contributed by atoms with E-state index in [1.54, 1.807) is 18.2 Å². The average Bonchev–Trinajstić information content (AvgIpc) is 2.42. The molecular formula is C11H13Cl2N5O4S. The van der Waals surface area contributed by atoms with Crippen LogP contribution in [0.15, 0.2) is 18.2 Å². The second kappa shape index (κ2) is 8.22. The molecule has 0 aliphatic carbocycles. The van der Waals surface area contributed by atoms with Gasteiger partial charge in [-0.2, -0.15) is 13.4 Å². The van der Waals surface area contributed by atoms with E-state index in [9.17, 15) is 8.42 Å². The first-order valence-electron chi connectivity index (χ1n) is 5.91. The lowest BCUT2D eigenvalue weighted by Crippen LogP contribution is -2.06. The third-order valence-electron chi connectivity index (χ3n) is 2.29. The summed E-state index contributed by atoms with van der Waals surface area (Å²) in [4.78, 5) is 3.80. The molecule has 0 radical (unpaired) electrons. The van der Waals surface area contributed by atoms with Crippen molar-refractivity contribution in [2.75, 3.05) is 23.8 Å². The van der Waals surface area contributed by atoms with Crippen molar-refractivity contribution in [3.05, 3.63) is 28.2 Å². The number of benzene rings is 1. The van der Waals surface area contributed by atoms with Gasteiger partial charge in [-0.1, -0.05) is 35.3 Å². The van der Waals surface area contributed by atoms with Gasteiger partial charge in [-0.3, -0.25) is 4.55 Å². The summed E-state index contributed by atoms with van der Waals surface area (Å²) < 4.78 is 27.1. The van der Waals surface area contributed by atoms with E-state index in [2.05, 4.69) is 15.2 Å². The van der Waals surface area contributed by atoms with Crippen LogP contribution in [0.3, 0.4) is 0 Å². The summed E-state index contributed by atoms with van der Waals surface area (Å²) >= 11 is 11.9. The number of aliphatic hydroxyl groups excluding tert-OH is 1. The maximum absolute atomic E-state index is 9.63.